The summed E-state index contributed by atoms with van der Waals surface area (Å²) in [5.74, 6) is 0.463. The van der Waals surface area contributed by atoms with Gasteiger partial charge in [-0.3, -0.25) is 4.79 Å². The Hall–Kier alpha value is -2.36. The first kappa shape index (κ1) is 17.5. The molecule has 132 valence electrons. The summed E-state index contributed by atoms with van der Waals surface area (Å²) in [7, 11) is 0. The van der Waals surface area contributed by atoms with Crippen LogP contribution in [0.25, 0.3) is 0 Å². The Labute approximate surface area is 148 Å². The normalized spacial score (nSPS) is 17.4. The number of hydrogen-bond acceptors (Lipinski definition) is 2. The number of halogens is 1. The van der Waals surface area contributed by atoms with Gasteiger partial charge in [0.05, 0.1) is 0 Å². The van der Waals surface area contributed by atoms with E-state index in [4.69, 9.17) is 0 Å². The van der Waals surface area contributed by atoms with Crippen LogP contribution in [0.4, 0.5) is 10.1 Å². The summed E-state index contributed by atoms with van der Waals surface area (Å²) in [5, 5.41) is 3.32. The van der Waals surface area contributed by atoms with E-state index in [-0.39, 0.29) is 11.7 Å². The average Bonchev–Trinajstić information content (AvgIpc) is 2.60. The van der Waals surface area contributed by atoms with E-state index in [1.54, 1.807) is 6.07 Å². The van der Waals surface area contributed by atoms with E-state index in [0.717, 1.165) is 41.9 Å². The number of amides is 1. The number of piperidine rings is 1. The van der Waals surface area contributed by atoms with Crippen molar-refractivity contribution in [3.05, 3.63) is 65.0 Å². The van der Waals surface area contributed by atoms with Crippen molar-refractivity contribution >= 4 is 11.6 Å². The predicted molar refractivity (Wildman–Crippen MR) is 99.2 cm³/mol. The second-order valence-corrected chi connectivity index (χ2v) is 7.01. The smallest absolute Gasteiger partial charge is 0.253 e. The summed E-state index contributed by atoms with van der Waals surface area (Å²) in [6.07, 6.45) is 2.28. The van der Waals surface area contributed by atoms with E-state index in [9.17, 15) is 9.18 Å². The van der Waals surface area contributed by atoms with Gasteiger partial charge in [-0.1, -0.05) is 19.1 Å². The molecule has 2 aromatic carbocycles. The van der Waals surface area contributed by atoms with Crippen LogP contribution in [0.15, 0.2) is 42.5 Å². The molecule has 1 unspecified atom stereocenters. The Kier molecular flexibility index (Phi) is 5.37. The molecule has 0 saturated carbocycles. The molecule has 1 heterocycles. The van der Waals surface area contributed by atoms with Crippen LogP contribution < -0.4 is 5.32 Å². The molecule has 1 amide bonds. The summed E-state index contributed by atoms with van der Waals surface area (Å²) in [4.78, 5) is 14.7. The second-order valence-electron chi connectivity index (χ2n) is 7.01. The number of nitrogens with one attached hydrogen (secondary N) is 1. The van der Waals surface area contributed by atoms with Crippen LogP contribution >= 0.6 is 0 Å². The van der Waals surface area contributed by atoms with Crippen LogP contribution in [0.3, 0.4) is 0 Å². The van der Waals surface area contributed by atoms with Crippen molar-refractivity contribution in [3.63, 3.8) is 0 Å². The zero-order valence-corrected chi connectivity index (χ0v) is 14.9. The number of likely N-dealkylation sites (tertiary alicyclic amines) is 1. The number of anilines is 1. The summed E-state index contributed by atoms with van der Waals surface area (Å²) in [5.41, 5.74) is 3.62. The third kappa shape index (κ3) is 4.38. The lowest BCUT2D eigenvalue weighted by molar-refractivity contribution is 0.0683. The lowest BCUT2D eigenvalue weighted by Gasteiger charge is -2.31. The van der Waals surface area contributed by atoms with Crippen LogP contribution in [0.1, 0.15) is 41.3 Å². The highest BCUT2D eigenvalue weighted by Crippen LogP contribution is 2.22. The SMILES string of the molecule is Cc1cc(C(=O)N2CCCC(C)C2)ccc1NCc1cccc(F)c1. The van der Waals surface area contributed by atoms with Gasteiger partial charge in [0.1, 0.15) is 5.82 Å². The minimum absolute atomic E-state index is 0.117. The summed E-state index contributed by atoms with van der Waals surface area (Å²) in [6, 6.07) is 12.3. The van der Waals surface area contributed by atoms with E-state index in [2.05, 4.69) is 12.2 Å². The lowest BCUT2D eigenvalue weighted by atomic mass is 9.99. The molecule has 0 bridgehead atoms. The third-order valence-electron chi connectivity index (χ3n) is 4.79. The molecule has 1 saturated heterocycles. The Bertz CT molecular complexity index is 759. The first-order valence-electron chi connectivity index (χ1n) is 8.91. The van der Waals surface area contributed by atoms with Crippen molar-refractivity contribution in [2.75, 3.05) is 18.4 Å². The monoisotopic (exact) mass is 340 g/mol. The maximum atomic E-state index is 13.2. The van der Waals surface area contributed by atoms with Crippen LogP contribution in [0.2, 0.25) is 0 Å². The molecule has 1 atom stereocenters. The first-order valence-corrected chi connectivity index (χ1v) is 8.91. The molecule has 4 heteroatoms. The fraction of sp³-hybridized carbons (Fsp3) is 0.381. The summed E-state index contributed by atoms with van der Waals surface area (Å²) < 4.78 is 13.2. The predicted octanol–water partition coefficient (Wildman–Crippen LogP) is 4.62. The van der Waals surface area contributed by atoms with E-state index in [1.165, 1.54) is 18.6 Å². The quantitative estimate of drug-likeness (QED) is 0.881. The largest absolute Gasteiger partial charge is 0.381 e. The zero-order chi connectivity index (χ0) is 17.8. The fourth-order valence-corrected chi connectivity index (χ4v) is 3.40. The number of rotatable bonds is 4. The molecular formula is C21H25FN2O. The standard InChI is InChI=1S/C21H25FN2O/c1-15-5-4-10-24(14-15)21(25)18-8-9-20(16(2)11-18)23-13-17-6-3-7-19(22)12-17/h3,6-9,11-12,15,23H,4-5,10,13-14H2,1-2H3. The maximum Gasteiger partial charge on any atom is 0.253 e. The van der Waals surface area contributed by atoms with Gasteiger partial charge in [0.15, 0.2) is 0 Å². The summed E-state index contributed by atoms with van der Waals surface area (Å²) in [6.45, 7) is 6.43. The maximum absolute atomic E-state index is 13.2. The molecule has 3 rings (SSSR count). The number of benzene rings is 2. The van der Waals surface area contributed by atoms with E-state index < -0.39 is 0 Å². The molecule has 0 aromatic heterocycles. The Morgan fingerprint density at radius 3 is 2.84 bits per heavy atom. The minimum Gasteiger partial charge on any atom is -0.381 e. The average molecular weight is 340 g/mol. The topological polar surface area (TPSA) is 32.3 Å². The van der Waals surface area contributed by atoms with Crippen molar-refractivity contribution < 1.29 is 9.18 Å². The van der Waals surface area contributed by atoms with E-state index in [0.29, 0.717) is 12.5 Å². The summed E-state index contributed by atoms with van der Waals surface area (Å²) >= 11 is 0. The molecule has 1 fully saturated rings. The highest BCUT2D eigenvalue weighted by molar-refractivity contribution is 5.95. The highest BCUT2D eigenvalue weighted by Gasteiger charge is 2.22. The lowest BCUT2D eigenvalue weighted by Crippen LogP contribution is -2.39. The van der Waals surface area contributed by atoms with Gasteiger partial charge < -0.3 is 10.2 Å². The van der Waals surface area contributed by atoms with Gasteiger partial charge >= 0.3 is 0 Å². The molecule has 1 aliphatic rings. The van der Waals surface area contributed by atoms with Gasteiger partial charge in [-0.2, -0.15) is 0 Å². The van der Waals surface area contributed by atoms with Gasteiger partial charge in [0.25, 0.3) is 5.91 Å². The molecule has 0 radical (unpaired) electrons. The number of carbonyl (C=O) groups excluding carboxylic acids is 1. The number of nitrogens with zero attached hydrogens (tertiary/aromatic N) is 1. The molecule has 3 nitrogen and oxygen atoms in total. The fourth-order valence-electron chi connectivity index (χ4n) is 3.40. The van der Waals surface area contributed by atoms with Gasteiger partial charge in [-0.15, -0.1) is 0 Å². The third-order valence-corrected chi connectivity index (χ3v) is 4.79. The van der Waals surface area contributed by atoms with Crippen LogP contribution in [-0.2, 0) is 6.54 Å². The van der Waals surface area contributed by atoms with Gasteiger partial charge in [0, 0.05) is 30.9 Å². The highest BCUT2D eigenvalue weighted by atomic mass is 19.1. The molecule has 2 aromatic rings. The van der Waals surface area contributed by atoms with Gasteiger partial charge in [-0.25, -0.2) is 4.39 Å². The molecule has 1 N–H and O–H groups in total. The van der Waals surface area contributed by atoms with E-state index >= 15 is 0 Å². The number of aryl methyl sites for hydroxylation is 1. The molecule has 0 aliphatic carbocycles. The van der Waals surface area contributed by atoms with Crippen molar-refractivity contribution in [2.45, 2.75) is 33.2 Å². The van der Waals surface area contributed by atoms with E-state index in [1.807, 2.05) is 36.1 Å². The Morgan fingerprint density at radius 1 is 1.28 bits per heavy atom. The van der Waals surface area contributed by atoms with Gasteiger partial charge in [-0.05, 0) is 67.1 Å². The van der Waals surface area contributed by atoms with Crippen molar-refractivity contribution in [1.82, 2.24) is 4.90 Å². The van der Waals surface area contributed by atoms with Crippen molar-refractivity contribution in [2.24, 2.45) is 5.92 Å². The Morgan fingerprint density at radius 2 is 2.12 bits per heavy atom. The van der Waals surface area contributed by atoms with Crippen LogP contribution in [-0.4, -0.2) is 23.9 Å². The second kappa shape index (κ2) is 7.68. The van der Waals surface area contributed by atoms with Gasteiger partial charge in [0.2, 0.25) is 0 Å². The van der Waals surface area contributed by atoms with Crippen LogP contribution in [0.5, 0.6) is 0 Å². The van der Waals surface area contributed by atoms with Crippen molar-refractivity contribution in [1.29, 1.82) is 0 Å². The van der Waals surface area contributed by atoms with Crippen molar-refractivity contribution in [3.8, 4) is 0 Å². The minimum atomic E-state index is -0.229. The Balaban J connectivity index is 1.67. The van der Waals surface area contributed by atoms with Crippen LogP contribution in [0, 0.1) is 18.7 Å². The molecule has 25 heavy (non-hydrogen) atoms. The number of hydrogen-bond donors (Lipinski definition) is 1. The number of carbonyl (C=O) groups is 1. The molecule has 0 spiro atoms. The molecule has 1 aliphatic heterocycles. The first-order chi connectivity index (χ1) is 12.0. The molecular weight excluding hydrogens is 315 g/mol. The zero-order valence-electron chi connectivity index (χ0n) is 14.9.